The molecule has 6 nitrogen and oxygen atoms in total. The van der Waals surface area contributed by atoms with Gasteiger partial charge in [0.2, 0.25) is 5.91 Å². The lowest BCUT2D eigenvalue weighted by Gasteiger charge is -2.06. The van der Waals surface area contributed by atoms with Crippen LogP contribution in [0.25, 0.3) is 0 Å². The van der Waals surface area contributed by atoms with E-state index in [0.29, 0.717) is 0 Å². The van der Waals surface area contributed by atoms with Crippen LogP contribution in [0.2, 0.25) is 0 Å². The van der Waals surface area contributed by atoms with Crippen LogP contribution in [-0.2, 0) is 17.6 Å². The summed E-state index contributed by atoms with van der Waals surface area (Å²) in [5, 5.41) is 9.18. The molecule has 0 atom stereocenters. The van der Waals surface area contributed by atoms with E-state index in [1.807, 2.05) is 24.3 Å². The van der Waals surface area contributed by atoms with Crippen molar-refractivity contribution >= 4 is 23.8 Å². The Labute approximate surface area is 139 Å². The number of aromatic nitrogens is 3. The van der Waals surface area contributed by atoms with Gasteiger partial charge in [-0.15, -0.1) is 0 Å². The zero-order chi connectivity index (χ0) is 16.7. The van der Waals surface area contributed by atoms with Crippen molar-refractivity contribution in [2.24, 2.45) is 0 Å². The maximum atomic E-state index is 11.9. The van der Waals surface area contributed by atoms with Crippen LogP contribution in [0.5, 0.6) is 0 Å². The van der Waals surface area contributed by atoms with Crippen LogP contribution in [-0.4, -0.2) is 21.1 Å². The lowest BCUT2D eigenvalue weighted by Crippen LogP contribution is -2.19. The minimum atomic E-state index is -0.359. The maximum absolute atomic E-state index is 11.9. The number of amides is 1. The molecule has 3 N–H and O–H groups in total. The van der Waals surface area contributed by atoms with Crippen molar-refractivity contribution in [3.8, 4) is 0 Å². The summed E-state index contributed by atoms with van der Waals surface area (Å²) in [6, 6.07) is 7.84. The van der Waals surface area contributed by atoms with E-state index in [0.717, 1.165) is 24.9 Å². The summed E-state index contributed by atoms with van der Waals surface area (Å²) in [5.41, 5.74) is 1.93. The molecule has 0 saturated carbocycles. The monoisotopic (exact) mass is 332 g/mol. The number of aromatic amines is 2. The number of H-pyrrole nitrogens is 2. The van der Waals surface area contributed by atoms with Crippen molar-refractivity contribution in [3.63, 3.8) is 0 Å². The predicted octanol–water partition coefficient (Wildman–Crippen LogP) is 2.74. The van der Waals surface area contributed by atoms with Gasteiger partial charge in [0.15, 0.2) is 4.77 Å². The van der Waals surface area contributed by atoms with Crippen molar-refractivity contribution < 1.29 is 4.79 Å². The molecule has 2 aromatic rings. The van der Waals surface area contributed by atoms with Crippen molar-refractivity contribution in [1.29, 1.82) is 0 Å². The second-order valence-corrected chi connectivity index (χ2v) is 5.71. The number of nitrogens with zero attached hydrogens (tertiary/aromatic N) is 1. The third-order valence-corrected chi connectivity index (χ3v) is 3.62. The zero-order valence-electron chi connectivity index (χ0n) is 13.0. The molecular formula is C16H20N4O2S. The van der Waals surface area contributed by atoms with Gasteiger partial charge < -0.3 is 5.32 Å². The third kappa shape index (κ3) is 5.45. The van der Waals surface area contributed by atoms with E-state index in [-0.39, 0.29) is 34.8 Å². The molecule has 0 radical (unpaired) electrons. The first-order valence-electron chi connectivity index (χ1n) is 7.65. The van der Waals surface area contributed by atoms with Crippen LogP contribution < -0.4 is 10.9 Å². The molecular weight excluding hydrogens is 312 g/mol. The number of aryl methyl sites for hydroxylation is 2. The Bertz CT molecular complexity index is 765. The van der Waals surface area contributed by atoms with E-state index in [1.54, 1.807) is 0 Å². The molecule has 0 saturated heterocycles. The van der Waals surface area contributed by atoms with Gasteiger partial charge >= 0.3 is 0 Å². The van der Waals surface area contributed by atoms with Crippen molar-refractivity contribution in [1.82, 2.24) is 15.2 Å². The van der Waals surface area contributed by atoms with E-state index >= 15 is 0 Å². The van der Waals surface area contributed by atoms with Crippen LogP contribution >= 0.6 is 12.2 Å². The molecule has 1 aromatic heterocycles. The van der Waals surface area contributed by atoms with E-state index in [9.17, 15) is 9.59 Å². The van der Waals surface area contributed by atoms with Gasteiger partial charge in [0.25, 0.3) is 5.56 Å². The Morgan fingerprint density at radius 1 is 1.26 bits per heavy atom. The molecule has 0 fully saturated rings. The number of unbranched alkanes of at least 4 members (excludes halogenated alkanes) is 1. The molecule has 0 aliphatic heterocycles. The molecule has 1 heterocycles. The minimum absolute atomic E-state index is 0.157. The zero-order valence-corrected chi connectivity index (χ0v) is 13.8. The molecule has 1 aromatic carbocycles. The average molecular weight is 332 g/mol. The summed E-state index contributed by atoms with van der Waals surface area (Å²) < 4.78 is 0.173. The van der Waals surface area contributed by atoms with Gasteiger partial charge in [-0.05, 0) is 42.8 Å². The number of anilines is 1. The lowest BCUT2D eigenvalue weighted by molar-refractivity contribution is -0.116. The van der Waals surface area contributed by atoms with Gasteiger partial charge in [0.1, 0.15) is 5.69 Å². The summed E-state index contributed by atoms with van der Waals surface area (Å²) in [6.07, 6.45) is 3.80. The highest BCUT2D eigenvalue weighted by Crippen LogP contribution is 2.12. The molecule has 1 amide bonds. The highest BCUT2D eigenvalue weighted by molar-refractivity contribution is 7.71. The summed E-state index contributed by atoms with van der Waals surface area (Å²) in [7, 11) is 0. The van der Waals surface area contributed by atoms with Crippen LogP contribution in [0.4, 0.5) is 5.69 Å². The summed E-state index contributed by atoms with van der Waals surface area (Å²) in [6.45, 7) is 2.16. The van der Waals surface area contributed by atoms with Crippen molar-refractivity contribution in [2.45, 2.75) is 39.0 Å². The van der Waals surface area contributed by atoms with Gasteiger partial charge in [-0.2, -0.15) is 5.10 Å². The second kappa shape index (κ2) is 8.38. The summed E-state index contributed by atoms with van der Waals surface area (Å²) in [5.74, 6) is -0.157. The number of nitrogens with one attached hydrogen (secondary N) is 3. The van der Waals surface area contributed by atoms with Gasteiger partial charge in [-0.1, -0.05) is 25.5 Å². The van der Waals surface area contributed by atoms with Crippen LogP contribution in [0, 0.1) is 4.77 Å². The van der Waals surface area contributed by atoms with Crippen LogP contribution in [0.15, 0.2) is 29.1 Å². The molecule has 0 bridgehead atoms. The van der Waals surface area contributed by atoms with Crippen LogP contribution in [0.3, 0.4) is 0 Å². The molecule has 0 unspecified atom stereocenters. The van der Waals surface area contributed by atoms with Gasteiger partial charge in [-0.3, -0.25) is 19.7 Å². The average Bonchev–Trinajstić information content (AvgIpc) is 2.53. The predicted molar refractivity (Wildman–Crippen MR) is 92.0 cm³/mol. The van der Waals surface area contributed by atoms with Crippen molar-refractivity contribution in [2.75, 3.05) is 5.32 Å². The first-order valence-corrected chi connectivity index (χ1v) is 8.06. The van der Waals surface area contributed by atoms with E-state index < -0.39 is 0 Å². The highest BCUT2D eigenvalue weighted by Gasteiger charge is 2.07. The molecule has 0 aliphatic rings. The Morgan fingerprint density at radius 3 is 2.65 bits per heavy atom. The molecule has 2 rings (SSSR count). The fourth-order valence-corrected chi connectivity index (χ4v) is 2.27. The third-order valence-electron chi connectivity index (χ3n) is 3.43. The Morgan fingerprint density at radius 2 is 2.00 bits per heavy atom. The number of carbonyl (C=O) groups is 1. The van der Waals surface area contributed by atoms with E-state index in [1.165, 1.54) is 5.56 Å². The van der Waals surface area contributed by atoms with Gasteiger partial charge in [0, 0.05) is 18.5 Å². The van der Waals surface area contributed by atoms with Crippen LogP contribution in [0.1, 0.15) is 37.4 Å². The van der Waals surface area contributed by atoms with Gasteiger partial charge in [0.05, 0.1) is 0 Å². The molecule has 7 heteroatoms. The maximum Gasteiger partial charge on any atom is 0.273 e. The number of rotatable bonds is 7. The highest BCUT2D eigenvalue weighted by atomic mass is 32.1. The first-order chi connectivity index (χ1) is 11.1. The topological polar surface area (TPSA) is 90.6 Å². The largest absolute Gasteiger partial charge is 0.326 e. The Hall–Kier alpha value is -2.28. The summed E-state index contributed by atoms with van der Waals surface area (Å²) in [4.78, 5) is 26.0. The molecule has 0 aliphatic carbocycles. The molecule has 23 heavy (non-hydrogen) atoms. The Balaban J connectivity index is 1.87. The van der Waals surface area contributed by atoms with Gasteiger partial charge in [-0.25, -0.2) is 0 Å². The van der Waals surface area contributed by atoms with Crippen molar-refractivity contribution in [3.05, 3.63) is 50.6 Å². The smallest absolute Gasteiger partial charge is 0.273 e. The fraction of sp³-hybridized carbons (Fsp3) is 0.375. The standard InChI is InChI=1S/C16H20N4O2S/c1-2-3-4-11-5-7-12(8-6-11)17-14(21)10-9-13-15(22)18-16(23)20-19-13/h5-8H,2-4,9-10H2,1H3,(H,17,21)(H2,18,20,22,23). The summed E-state index contributed by atoms with van der Waals surface area (Å²) >= 11 is 4.77. The second-order valence-electron chi connectivity index (χ2n) is 5.30. The fourth-order valence-electron chi connectivity index (χ4n) is 2.13. The minimum Gasteiger partial charge on any atom is -0.326 e. The molecule has 122 valence electrons. The SMILES string of the molecule is CCCCc1ccc(NC(=O)CCc2n[nH]c(=S)[nH]c2=O)cc1. The van der Waals surface area contributed by atoms with E-state index in [2.05, 4.69) is 27.4 Å². The lowest BCUT2D eigenvalue weighted by atomic mass is 10.1. The Kier molecular flexibility index (Phi) is 6.22. The number of hydrogen-bond donors (Lipinski definition) is 3. The first kappa shape index (κ1) is 17.1. The normalized spacial score (nSPS) is 10.5. The number of benzene rings is 1. The molecule has 0 spiro atoms. The number of hydrogen-bond acceptors (Lipinski definition) is 4. The van der Waals surface area contributed by atoms with E-state index in [4.69, 9.17) is 12.2 Å². The number of carbonyl (C=O) groups excluding carboxylic acids is 1. The quantitative estimate of drug-likeness (QED) is 0.680.